The molecule has 1 aromatic carbocycles. The van der Waals surface area contributed by atoms with E-state index in [9.17, 15) is 8.42 Å². The van der Waals surface area contributed by atoms with Crippen molar-refractivity contribution in [2.45, 2.75) is 11.9 Å². The van der Waals surface area contributed by atoms with E-state index in [2.05, 4.69) is 30.6 Å². The number of nitrogens with one attached hydrogen (secondary N) is 2. The van der Waals surface area contributed by atoms with Crippen LogP contribution in [-0.4, -0.2) is 25.5 Å². The highest BCUT2D eigenvalue weighted by Crippen LogP contribution is 2.29. The molecule has 0 aliphatic heterocycles. The molecule has 102 valence electrons. The number of anilines is 1. The maximum absolute atomic E-state index is 12.1. The molecule has 0 atom stereocenters. The van der Waals surface area contributed by atoms with E-state index in [1.165, 1.54) is 13.3 Å². The summed E-state index contributed by atoms with van der Waals surface area (Å²) in [6.07, 6.45) is 1.27. The monoisotopic (exact) mass is 345 g/mol. The summed E-state index contributed by atoms with van der Waals surface area (Å²) >= 11 is 3.28. The molecule has 6 nitrogen and oxygen atoms in total. The van der Waals surface area contributed by atoms with E-state index < -0.39 is 10.0 Å². The third-order valence-corrected chi connectivity index (χ3v) is 4.14. The van der Waals surface area contributed by atoms with Crippen LogP contribution in [0.15, 0.2) is 33.9 Å². The number of aromatic amines is 1. The van der Waals surface area contributed by atoms with Gasteiger partial charge in [-0.25, -0.2) is 4.98 Å². The van der Waals surface area contributed by atoms with Crippen LogP contribution in [0.1, 0.15) is 5.82 Å². The first-order valence-corrected chi connectivity index (χ1v) is 7.58. The summed E-state index contributed by atoms with van der Waals surface area (Å²) in [5.41, 5.74) is 0.351. The summed E-state index contributed by atoms with van der Waals surface area (Å²) < 4.78 is 32.6. The lowest BCUT2D eigenvalue weighted by Crippen LogP contribution is -2.14. The zero-order valence-corrected chi connectivity index (χ0v) is 12.7. The zero-order chi connectivity index (χ0) is 14.0. The molecule has 0 aliphatic rings. The van der Waals surface area contributed by atoms with E-state index in [-0.39, 0.29) is 5.03 Å². The van der Waals surface area contributed by atoms with Gasteiger partial charge in [-0.1, -0.05) is 15.9 Å². The third kappa shape index (κ3) is 3.07. The number of ether oxygens (including phenoxy) is 1. The van der Waals surface area contributed by atoms with Crippen LogP contribution in [-0.2, 0) is 10.0 Å². The van der Waals surface area contributed by atoms with Crippen molar-refractivity contribution in [1.82, 2.24) is 9.97 Å². The van der Waals surface area contributed by atoms with Gasteiger partial charge in [0.15, 0.2) is 5.03 Å². The second-order valence-corrected chi connectivity index (χ2v) is 6.35. The standard InChI is InChI=1S/C11H12BrN3O3S/c1-7-13-6-11(14-7)19(16,17)15-9-5-8(12)3-4-10(9)18-2/h3-6,15H,1-2H3,(H,13,14). The number of methoxy groups -OCH3 is 1. The van der Waals surface area contributed by atoms with Gasteiger partial charge >= 0.3 is 0 Å². The van der Waals surface area contributed by atoms with Crippen LogP contribution < -0.4 is 9.46 Å². The SMILES string of the molecule is COc1ccc(Br)cc1NS(=O)(=O)c1cnc(C)[nH]1. The minimum absolute atomic E-state index is 0.00651. The van der Waals surface area contributed by atoms with Crippen molar-refractivity contribution in [2.24, 2.45) is 0 Å². The first kappa shape index (κ1) is 13.9. The number of benzene rings is 1. The number of aromatic nitrogens is 2. The molecule has 0 saturated heterocycles. The average molecular weight is 346 g/mol. The molecule has 8 heteroatoms. The lowest BCUT2D eigenvalue weighted by atomic mass is 10.3. The average Bonchev–Trinajstić information content (AvgIpc) is 2.76. The van der Waals surface area contributed by atoms with Crippen LogP contribution >= 0.6 is 15.9 Å². The van der Waals surface area contributed by atoms with E-state index in [1.807, 2.05) is 0 Å². The number of sulfonamides is 1. The summed E-state index contributed by atoms with van der Waals surface area (Å²) in [6.45, 7) is 1.68. The second kappa shape index (κ2) is 5.22. The van der Waals surface area contributed by atoms with Crippen molar-refractivity contribution in [3.63, 3.8) is 0 Å². The van der Waals surface area contributed by atoms with Crippen molar-refractivity contribution >= 4 is 31.6 Å². The molecular formula is C11H12BrN3O3S. The van der Waals surface area contributed by atoms with Crippen molar-refractivity contribution in [2.75, 3.05) is 11.8 Å². The van der Waals surface area contributed by atoms with Crippen LogP contribution in [0.25, 0.3) is 0 Å². The van der Waals surface area contributed by atoms with Crippen LogP contribution in [0.5, 0.6) is 5.75 Å². The van der Waals surface area contributed by atoms with E-state index >= 15 is 0 Å². The zero-order valence-electron chi connectivity index (χ0n) is 10.3. The molecule has 2 rings (SSSR count). The minimum Gasteiger partial charge on any atom is -0.495 e. The van der Waals surface area contributed by atoms with Gasteiger partial charge in [0, 0.05) is 4.47 Å². The van der Waals surface area contributed by atoms with Gasteiger partial charge in [0.2, 0.25) is 0 Å². The van der Waals surface area contributed by atoms with Crippen LogP contribution in [0.3, 0.4) is 0 Å². The molecule has 0 unspecified atom stereocenters. The fourth-order valence-corrected chi connectivity index (χ4v) is 2.89. The number of aryl methyl sites for hydroxylation is 1. The van der Waals surface area contributed by atoms with Gasteiger partial charge in [-0.15, -0.1) is 0 Å². The molecule has 2 N–H and O–H groups in total. The number of halogens is 1. The maximum atomic E-state index is 12.1. The normalized spacial score (nSPS) is 11.3. The quantitative estimate of drug-likeness (QED) is 0.890. The Morgan fingerprint density at radius 2 is 2.16 bits per heavy atom. The number of hydrogen-bond donors (Lipinski definition) is 2. The first-order chi connectivity index (χ1) is 8.92. The number of hydrogen-bond acceptors (Lipinski definition) is 4. The van der Waals surface area contributed by atoms with Gasteiger partial charge in [0.1, 0.15) is 11.6 Å². The first-order valence-electron chi connectivity index (χ1n) is 5.30. The van der Waals surface area contributed by atoms with Gasteiger partial charge < -0.3 is 9.72 Å². The number of H-pyrrole nitrogens is 1. The van der Waals surface area contributed by atoms with Crippen molar-refractivity contribution in [3.05, 3.63) is 34.7 Å². The molecule has 1 aromatic heterocycles. The Kier molecular flexibility index (Phi) is 3.81. The van der Waals surface area contributed by atoms with Crippen LogP contribution in [0, 0.1) is 6.92 Å². The summed E-state index contributed by atoms with van der Waals surface area (Å²) in [5, 5.41) is 0.00651. The van der Waals surface area contributed by atoms with Crippen LogP contribution in [0.2, 0.25) is 0 Å². The van der Waals surface area contributed by atoms with E-state index in [4.69, 9.17) is 4.74 Å². The number of nitrogens with zero attached hydrogens (tertiary/aromatic N) is 1. The fraction of sp³-hybridized carbons (Fsp3) is 0.182. The van der Waals surface area contributed by atoms with Gasteiger partial charge in [-0.3, -0.25) is 4.72 Å². The minimum atomic E-state index is -3.71. The highest BCUT2D eigenvalue weighted by molar-refractivity contribution is 9.10. The smallest absolute Gasteiger partial charge is 0.279 e. The van der Waals surface area contributed by atoms with E-state index in [1.54, 1.807) is 25.1 Å². The van der Waals surface area contributed by atoms with Gasteiger partial charge in [-0.05, 0) is 25.1 Å². The molecule has 0 aliphatic carbocycles. The highest BCUT2D eigenvalue weighted by Gasteiger charge is 2.18. The van der Waals surface area contributed by atoms with E-state index in [0.717, 1.165) is 4.47 Å². The molecule has 1 heterocycles. The van der Waals surface area contributed by atoms with Gasteiger partial charge in [0.05, 0.1) is 19.0 Å². The predicted molar refractivity (Wildman–Crippen MR) is 74.8 cm³/mol. The van der Waals surface area contributed by atoms with Gasteiger partial charge in [0.25, 0.3) is 10.0 Å². The summed E-state index contributed by atoms with van der Waals surface area (Å²) in [4.78, 5) is 6.54. The predicted octanol–water partition coefficient (Wildman–Crippen LogP) is 2.29. The Bertz CT molecular complexity index is 697. The Hall–Kier alpha value is -1.54. The molecule has 0 bridgehead atoms. The molecule has 0 spiro atoms. The Labute approximate surface area is 119 Å². The van der Waals surface area contributed by atoms with E-state index in [0.29, 0.717) is 17.3 Å². The third-order valence-electron chi connectivity index (χ3n) is 2.37. The summed E-state index contributed by atoms with van der Waals surface area (Å²) in [7, 11) is -2.24. The topological polar surface area (TPSA) is 84.1 Å². The van der Waals surface area contributed by atoms with Crippen molar-refractivity contribution in [1.29, 1.82) is 0 Å². The molecule has 0 radical (unpaired) electrons. The summed E-state index contributed by atoms with van der Waals surface area (Å²) in [6, 6.07) is 5.05. The van der Waals surface area contributed by atoms with Crippen molar-refractivity contribution in [3.8, 4) is 5.75 Å². The Morgan fingerprint density at radius 1 is 1.42 bits per heavy atom. The Morgan fingerprint density at radius 3 is 2.74 bits per heavy atom. The fourth-order valence-electron chi connectivity index (χ4n) is 1.49. The highest BCUT2D eigenvalue weighted by atomic mass is 79.9. The second-order valence-electron chi connectivity index (χ2n) is 3.78. The molecule has 0 saturated carbocycles. The molecular weight excluding hydrogens is 334 g/mol. The van der Waals surface area contributed by atoms with Crippen molar-refractivity contribution < 1.29 is 13.2 Å². The largest absolute Gasteiger partial charge is 0.495 e. The lowest BCUT2D eigenvalue weighted by Gasteiger charge is -2.11. The van der Waals surface area contributed by atoms with Gasteiger partial charge in [-0.2, -0.15) is 8.42 Å². The molecule has 19 heavy (non-hydrogen) atoms. The molecule has 0 fully saturated rings. The number of imidazole rings is 1. The molecule has 2 aromatic rings. The number of rotatable bonds is 4. The van der Waals surface area contributed by atoms with Crippen LogP contribution in [0.4, 0.5) is 5.69 Å². The lowest BCUT2D eigenvalue weighted by molar-refractivity contribution is 0.417. The maximum Gasteiger partial charge on any atom is 0.279 e. The Balaban J connectivity index is 2.38. The summed E-state index contributed by atoms with van der Waals surface area (Å²) in [5.74, 6) is 0.963. The molecule has 0 amide bonds.